The molecule has 0 bridgehead atoms. The second-order valence-electron chi connectivity index (χ2n) is 2.30. The fraction of sp³-hybridized carbons (Fsp3) is 0.250. The minimum absolute atomic E-state index is 1.37. The zero-order chi connectivity index (χ0) is 9.56. The molecule has 0 saturated carbocycles. The van der Waals surface area contributed by atoms with Crippen molar-refractivity contribution in [1.82, 2.24) is 0 Å². The van der Waals surface area contributed by atoms with Crippen LogP contribution in [-0.2, 0) is 11.4 Å². The zero-order valence-corrected chi connectivity index (χ0v) is 7.80. The third-order valence-corrected chi connectivity index (χ3v) is 1.43. The molecule has 1 N–H and O–H groups in total. The highest BCUT2D eigenvalue weighted by molar-refractivity contribution is 7.73. The lowest BCUT2D eigenvalue weighted by molar-refractivity contribution is 0.436. The van der Waals surface area contributed by atoms with Gasteiger partial charge in [0.1, 0.15) is 0 Å². The van der Waals surface area contributed by atoms with Gasteiger partial charge in [-0.1, -0.05) is 24.3 Å². The molecule has 4 heteroatoms. The van der Waals surface area contributed by atoms with Gasteiger partial charge in [0.15, 0.2) is 0 Å². The van der Waals surface area contributed by atoms with E-state index in [-0.39, 0.29) is 0 Å². The van der Waals surface area contributed by atoms with Gasteiger partial charge in [0.25, 0.3) is 0 Å². The fourth-order valence-corrected chi connectivity index (χ4v) is 0.663. The molecule has 0 aliphatic carbocycles. The Labute approximate surface area is 74.5 Å². The van der Waals surface area contributed by atoms with Crippen LogP contribution in [0.25, 0.3) is 0 Å². The molecule has 12 heavy (non-hydrogen) atoms. The number of rotatable bonds is 0. The van der Waals surface area contributed by atoms with Crippen LogP contribution >= 0.6 is 0 Å². The minimum atomic E-state index is -2.86. The summed E-state index contributed by atoms with van der Waals surface area (Å²) < 4.78 is 24.1. The van der Waals surface area contributed by atoms with Gasteiger partial charge in [0.2, 0.25) is 0 Å². The Balaban J connectivity index is 0.000000261. The average Bonchev–Trinajstić information content (AvgIpc) is 1.94. The van der Waals surface area contributed by atoms with Crippen molar-refractivity contribution in [3.8, 4) is 0 Å². The van der Waals surface area contributed by atoms with Crippen LogP contribution in [0, 0.1) is 13.8 Å². The Hall–Kier alpha value is -0.710. The van der Waals surface area contributed by atoms with Crippen molar-refractivity contribution in [1.29, 1.82) is 0 Å². The van der Waals surface area contributed by atoms with Gasteiger partial charge >= 0.3 is 0 Å². The van der Waals surface area contributed by atoms with Crippen LogP contribution < -0.4 is 0 Å². The molecule has 0 heterocycles. The Morgan fingerprint density at radius 1 is 1.25 bits per heavy atom. The van der Waals surface area contributed by atoms with Gasteiger partial charge < -0.3 is 9.11 Å². The van der Waals surface area contributed by atoms with Crippen LogP contribution in [0.15, 0.2) is 24.3 Å². The van der Waals surface area contributed by atoms with Gasteiger partial charge in [-0.25, -0.2) is 4.21 Å². The summed E-state index contributed by atoms with van der Waals surface area (Å²) in [4.78, 5) is 0. The zero-order valence-electron chi connectivity index (χ0n) is 6.98. The van der Waals surface area contributed by atoms with E-state index in [1.54, 1.807) is 0 Å². The van der Waals surface area contributed by atoms with Gasteiger partial charge in [-0.15, -0.1) is 0 Å². The second kappa shape index (κ2) is 5.88. The second-order valence-corrected chi connectivity index (χ2v) is 2.74. The maximum absolute atomic E-state index is 8.56. The predicted octanol–water partition coefficient (Wildman–Crippen LogP) is 1.64. The van der Waals surface area contributed by atoms with Crippen molar-refractivity contribution < 1.29 is 13.3 Å². The molecule has 1 atom stereocenters. The first-order valence-corrected chi connectivity index (χ1v) is 4.38. The largest absolute Gasteiger partial charge is 0.750 e. The van der Waals surface area contributed by atoms with Gasteiger partial charge in [0.05, 0.1) is 11.4 Å². The Morgan fingerprint density at radius 3 is 1.67 bits per heavy atom. The third-order valence-electron chi connectivity index (χ3n) is 1.43. The Morgan fingerprint density at radius 2 is 1.50 bits per heavy atom. The van der Waals surface area contributed by atoms with Crippen molar-refractivity contribution >= 4 is 11.4 Å². The van der Waals surface area contributed by atoms with Crippen molar-refractivity contribution in [3.05, 3.63) is 35.4 Å². The molecule has 68 valence electrons. The summed E-state index contributed by atoms with van der Waals surface area (Å²) in [6.07, 6.45) is 0. The fourth-order valence-electron chi connectivity index (χ4n) is 0.663. The molecule has 0 saturated heterocycles. The van der Waals surface area contributed by atoms with E-state index < -0.39 is 11.4 Å². The highest BCUT2D eigenvalue weighted by Crippen LogP contribution is 2.02. The summed E-state index contributed by atoms with van der Waals surface area (Å²) in [6, 6.07) is 8.36. The van der Waals surface area contributed by atoms with Crippen LogP contribution in [0.5, 0.6) is 0 Å². The van der Waals surface area contributed by atoms with E-state index in [1.165, 1.54) is 11.1 Å². The van der Waals surface area contributed by atoms with E-state index >= 15 is 0 Å². The SMILES string of the molecule is Cc1ccccc1C.O=S([O-])O. The normalized spacial score (nSPS) is 11.3. The van der Waals surface area contributed by atoms with Crippen molar-refractivity contribution in [2.24, 2.45) is 0 Å². The van der Waals surface area contributed by atoms with Crippen molar-refractivity contribution in [2.75, 3.05) is 0 Å². The lowest BCUT2D eigenvalue weighted by atomic mass is 10.1. The summed E-state index contributed by atoms with van der Waals surface area (Å²) in [5, 5.41) is 0. The van der Waals surface area contributed by atoms with Crippen molar-refractivity contribution in [2.45, 2.75) is 13.8 Å². The molecular formula is C8H11O3S-. The quantitative estimate of drug-likeness (QED) is 0.628. The first-order chi connectivity index (χ1) is 5.54. The number of hydrogen-bond donors (Lipinski definition) is 1. The van der Waals surface area contributed by atoms with E-state index in [1.807, 2.05) is 0 Å². The molecule has 1 aromatic rings. The maximum Gasteiger partial charge on any atom is 0.0814 e. The van der Waals surface area contributed by atoms with E-state index in [9.17, 15) is 0 Å². The van der Waals surface area contributed by atoms with E-state index in [0.717, 1.165) is 0 Å². The molecule has 1 aromatic carbocycles. The van der Waals surface area contributed by atoms with Crippen molar-refractivity contribution in [3.63, 3.8) is 0 Å². The molecule has 0 amide bonds. The molecule has 0 aromatic heterocycles. The molecule has 1 unspecified atom stereocenters. The van der Waals surface area contributed by atoms with Crippen LogP contribution in [0.2, 0.25) is 0 Å². The minimum Gasteiger partial charge on any atom is -0.750 e. The van der Waals surface area contributed by atoms with Crippen LogP contribution in [0.1, 0.15) is 11.1 Å². The topological polar surface area (TPSA) is 60.4 Å². The summed E-state index contributed by atoms with van der Waals surface area (Å²) in [7, 11) is 0. The smallest absolute Gasteiger partial charge is 0.0814 e. The number of aryl methyl sites for hydroxylation is 2. The molecule has 3 nitrogen and oxygen atoms in total. The van der Waals surface area contributed by atoms with Gasteiger partial charge in [0, 0.05) is 0 Å². The lowest BCUT2D eigenvalue weighted by Crippen LogP contribution is -1.75. The molecule has 0 radical (unpaired) electrons. The first kappa shape index (κ1) is 11.3. The summed E-state index contributed by atoms with van der Waals surface area (Å²) >= 11 is -2.86. The average molecular weight is 187 g/mol. The highest BCUT2D eigenvalue weighted by Gasteiger charge is 1.83. The van der Waals surface area contributed by atoms with E-state index in [2.05, 4.69) is 38.1 Å². The third kappa shape index (κ3) is 6.03. The standard InChI is InChI=1S/C8H10.H2O3S/c1-7-5-3-4-6-8(7)2;1-4(2)3/h3-6H,1-2H3;(H2,1,2,3)/p-1. The summed E-state index contributed by atoms with van der Waals surface area (Å²) in [5.74, 6) is 0. The maximum atomic E-state index is 8.56. The van der Waals surface area contributed by atoms with E-state index in [4.69, 9.17) is 13.3 Å². The predicted molar refractivity (Wildman–Crippen MR) is 47.5 cm³/mol. The van der Waals surface area contributed by atoms with Crippen LogP contribution in [0.4, 0.5) is 0 Å². The molecular weight excluding hydrogens is 176 g/mol. The molecule has 0 spiro atoms. The van der Waals surface area contributed by atoms with Gasteiger partial charge in [-0.2, -0.15) is 0 Å². The van der Waals surface area contributed by atoms with Gasteiger partial charge in [-0.05, 0) is 25.0 Å². The Bertz CT molecular complexity index is 235. The van der Waals surface area contributed by atoms with E-state index in [0.29, 0.717) is 0 Å². The summed E-state index contributed by atoms with van der Waals surface area (Å²) in [5.41, 5.74) is 2.74. The highest BCUT2D eigenvalue weighted by atomic mass is 32.2. The number of hydrogen-bond acceptors (Lipinski definition) is 2. The lowest BCUT2D eigenvalue weighted by Gasteiger charge is -1.93. The summed E-state index contributed by atoms with van der Waals surface area (Å²) in [6.45, 7) is 4.24. The molecule has 1 rings (SSSR count). The van der Waals surface area contributed by atoms with Crippen LogP contribution in [0.3, 0.4) is 0 Å². The van der Waals surface area contributed by atoms with Crippen LogP contribution in [-0.4, -0.2) is 13.3 Å². The monoisotopic (exact) mass is 187 g/mol. The van der Waals surface area contributed by atoms with Gasteiger partial charge in [-0.3, -0.25) is 0 Å². The number of benzene rings is 1. The molecule has 0 aliphatic rings. The first-order valence-electron chi connectivity index (χ1n) is 3.34. The Kier molecular flexibility index (Phi) is 5.53. The molecule has 0 fully saturated rings. The molecule has 0 aliphatic heterocycles.